The van der Waals surface area contributed by atoms with Crippen LogP contribution in [-0.2, 0) is 20.8 Å². The zero-order valence-corrected chi connectivity index (χ0v) is 22.5. The van der Waals surface area contributed by atoms with Gasteiger partial charge in [-0.25, -0.2) is 4.79 Å². The molecule has 3 unspecified atom stereocenters. The van der Waals surface area contributed by atoms with Crippen molar-refractivity contribution in [3.63, 3.8) is 0 Å². The quantitative estimate of drug-likeness (QED) is 0.258. The maximum absolute atomic E-state index is 13.6. The molecule has 0 bridgehead atoms. The minimum atomic E-state index is -1.01. The van der Waals surface area contributed by atoms with E-state index < -0.39 is 36.0 Å². The van der Waals surface area contributed by atoms with Gasteiger partial charge in [0, 0.05) is 41.8 Å². The molecule has 0 radical (unpaired) electrons. The van der Waals surface area contributed by atoms with Crippen LogP contribution in [0.3, 0.4) is 0 Å². The molecular weight excluding hydrogens is 520 g/mol. The SMILES string of the molecule is COc1cccc(NC(=O)NC2CCN(C(=O)CSC)C2C(=O)NC(Cc2c[nH]c3ccccc23)C(N)=O)c1. The van der Waals surface area contributed by atoms with Crippen molar-refractivity contribution < 1.29 is 23.9 Å². The van der Waals surface area contributed by atoms with Crippen LogP contribution in [0.2, 0.25) is 0 Å². The number of aromatic amines is 1. The second-order valence-electron chi connectivity index (χ2n) is 9.22. The molecule has 12 heteroatoms. The third-order valence-corrected chi connectivity index (χ3v) is 7.19. The molecule has 2 aromatic carbocycles. The predicted octanol–water partition coefficient (Wildman–Crippen LogP) is 1.84. The monoisotopic (exact) mass is 552 g/mol. The van der Waals surface area contributed by atoms with Crippen molar-refractivity contribution in [1.82, 2.24) is 20.5 Å². The van der Waals surface area contributed by atoms with E-state index in [1.165, 1.54) is 23.8 Å². The largest absolute Gasteiger partial charge is 0.497 e. The lowest BCUT2D eigenvalue weighted by Crippen LogP contribution is -2.58. The minimum absolute atomic E-state index is 0.172. The van der Waals surface area contributed by atoms with E-state index >= 15 is 0 Å². The van der Waals surface area contributed by atoms with Crippen LogP contribution < -0.4 is 26.4 Å². The van der Waals surface area contributed by atoms with Crippen molar-refractivity contribution in [2.75, 3.05) is 31.0 Å². The molecule has 1 aromatic heterocycles. The van der Waals surface area contributed by atoms with Gasteiger partial charge in [-0.05, 0) is 36.4 Å². The number of hydrogen-bond donors (Lipinski definition) is 5. The van der Waals surface area contributed by atoms with Crippen molar-refractivity contribution in [3.05, 3.63) is 60.3 Å². The summed E-state index contributed by atoms with van der Waals surface area (Å²) in [5, 5.41) is 9.21. The Labute approximate surface area is 230 Å². The Morgan fingerprint density at radius 2 is 1.97 bits per heavy atom. The van der Waals surface area contributed by atoms with E-state index in [4.69, 9.17) is 10.5 Å². The fraction of sp³-hybridized carbons (Fsp3) is 0.333. The number of nitrogens with zero attached hydrogens (tertiary/aromatic N) is 1. The summed E-state index contributed by atoms with van der Waals surface area (Å²) in [6.45, 7) is 0.283. The number of ether oxygens (including phenoxy) is 1. The lowest BCUT2D eigenvalue weighted by Gasteiger charge is -2.29. The van der Waals surface area contributed by atoms with Crippen LogP contribution in [0, 0.1) is 0 Å². The van der Waals surface area contributed by atoms with Gasteiger partial charge in [-0.2, -0.15) is 11.8 Å². The number of rotatable bonds is 10. The standard InChI is InChI=1S/C27H32N6O5S/c1-38-18-7-5-6-17(13-18)30-27(37)32-21-10-11-33(23(34)15-39-2)24(21)26(36)31-22(25(28)35)12-16-14-29-20-9-4-3-8-19(16)20/h3-9,13-14,21-22,24,29H,10-12,15H2,1-2H3,(H2,28,35)(H,31,36)(H2,30,32,37). The van der Waals surface area contributed by atoms with Crippen LogP contribution in [0.25, 0.3) is 10.9 Å². The molecule has 206 valence electrons. The van der Waals surface area contributed by atoms with Gasteiger partial charge in [0.2, 0.25) is 17.7 Å². The maximum atomic E-state index is 13.6. The van der Waals surface area contributed by atoms with E-state index in [1.54, 1.807) is 36.7 Å². The number of H-pyrrole nitrogens is 1. The number of nitrogens with two attached hydrogens (primary N) is 1. The molecule has 39 heavy (non-hydrogen) atoms. The third-order valence-electron chi connectivity index (χ3n) is 6.66. The summed E-state index contributed by atoms with van der Waals surface area (Å²) in [6.07, 6.45) is 4.12. The van der Waals surface area contributed by atoms with Crippen molar-refractivity contribution >= 4 is 52.1 Å². The van der Waals surface area contributed by atoms with Crippen LogP contribution >= 0.6 is 11.8 Å². The van der Waals surface area contributed by atoms with Crippen molar-refractivity contribution in [1.29, 1.82) is 0 Å². The molecule has 0 aliphatic carbocycles. The normalized spacial score (nSPS) is 17.4. The summed E-state index contributed by atoms with van der Waals surface area (Å²) in [7, 11) is 1.53. The van der Waals surface area contributed by atoms with Crippen molar-refractivity contribution in [2.24, 2.45) is 5.73 Å². The van der Waals surface area contributed by atoms with E-state index in [1.807, 2.05) is 24.3 Å². The number of carbonyl (C=O) groups is 4. The van der Waals surface area contributed by atoms with Crippen LogP contribution in [0.1, 0.15) is 12.0 Å². The fourth-order valence-electron chi connectivity index (χ4n) is 4.79. The molecular formula is C27H32N6O5S. The predicted molar refractivity (Wildman–Crippen MR) is 151 cm³/mol. The average Bonchev–Trinajstić information content (AvgIpc) is 3.52. The number of nitrogens with one attached hydrogen (secondary N) is 4. The highest BCUT2D eigenvalue weighted by molar-refractivity contribution is 7.99. The van der Waals surface area contributed by atoms with E-state index in [2.05, 4.69) is 20.9 Å². The summed E-state index contributed by atoms with van der Waals surface area (Å²) in [5.41, 5.74) is 7.91. The second kappa shape index (κ2) is 12.6. The number of thioether (sulfide) groups is 1. The molecule has 1 aliphatic heterocycles. The van der Waals surface area contributed by atoms with Gasteiger partial charge in [-0.3, -0.25) is 14.4 Å². The molecule has 1 aliphatic rings. The fourth-order valence-corrected chi connectivity index (χ4v) is 5.20. The summed E-state index contributed by atoms with van der Waals surface area (Å²) in [5.74, 6) is -0.729. The lowest BCUT2D eigenvalue weighted by atomic mass is 10.0. The second-order valence-corrected chi connectivity index (χ2v) is 10.1. The molecule has 2 heterocycles. The Morgan fingerprint density at radius 3 is 2.72 bits per heavy atom. The van der Waals surface area contributed by atoms with Gasteiger partial charge < -0.3 is 36.3 Å². The molecule has 4 rings (SSSR count). The molecule has 0 spiro atoms. The zero-order chi connectivity index (χ0) is 27.9. The van der Waals surface area contributed by atoms with Gasteiger partial charge in [-0.15, -0.1) is 0 Å². The number of fused-ring (bicyclic) bond motifs is 1. The Morgan fingerprint density at radius 1 is 1.18 bits per heavy atom. The van der Waals surface area contributed by atoms with Crippen LogP contribution in [0.4, 0.5) is 10.5 Å². The lowest BCUT2D eigenvalue weighted by molar-refractivity contribution is -0.138. The molecule has 6 N–H and O–H groups in total. The number of anilines is 1. The highest BCUT2D eigenvalue weighted by Crippen LogP contribution is 2.23. The molecule has 1 fully saturated rings. The van der Waals surface area contributed by atoms with Gasteiger partial charge in [0.25, 0.3) is 0 Å². The van der Waals surface area contributed by atoms with E-state index in [-0.39, 0.29) is 24.6 Å². The first-order chi connectivity index (χ1) is 18.8. The summed E-state index contributed by atoms with van der Waals surface area (Å²) < 4.78 is 5.19. The summed E-state index contributed by atoms with van der Waals surface area (Å²) >= 11 is 1.34. The number of methoxy groups -OCH3 is 1. The zero-order valence-electron chi connectivity index (χ0n) is 21.7. The molecule has 11 nitrogen and oxygen atoms in total. The maximum Gasteiger partial charge on any atom is 0.319 e. The van der Waals surface area contributed by atoms with Gasteiger partial charge in [0.05, 0.1) is 18.9 Å². The number of hydrogen-bond acceptors (Lipinski definition) is 6. The van der Waals surface area contributed by atoms with Crippen molar-refractivity contribution in [2.45, 2.75) is 31.0 Å². The van der Waals surface area contributed by atoms with Gasteiger partial charge >= 0.3 is 6.03 Å². The first kappa shape index (κ1) is 27.8. The summed E-state index contributed by atoms with van der Waals surface area (Å²) in [6, 6.07) is 11.2. The van der Waals surface area contributed by atoms with Gasteiger partial charge in [0.1, 0.15) is 17.8 Å². The molecule has 0 saturated carbocycles. The highest BCUT2D eigenvalue weighted by atomic mass is 32.2. The first-order valence-corrected chi connectivity index (χ1v) is 13.8. The number of aromatic nitrogens is 1. The first-order valence-electron chi connectivity index (χ1n) is 12.5. The highest BCUT2D eigenvalue weighted by Gasteiger charge is 2.43. The Balaban J connectivity index is 1.50. The van der Waals surface area contributed by atoms with Gasteiger partial charge in [0.15, 0.2) is 0 Å². The number of primary amides is 1. The smallest absolute Gasteiger partial charge is 0.319 e. The number of carbonyl (C=O) groups excluding carboxylic acids is 4. The van der Waals surface area contributed by atoms with E-state index in [0.29, 0.717) is 17.9 Å². The molecule has 1 saturated heterocycles. The van der Waals surface area contributed by atoms with Gasteiger partial charge in [-0.1, -0.05) is 24.3 Å². The number of likely N-dealkylation sites (tertiary alicyclic amines) is 1. The van der Waals surface area contributed by atoms with Crippen molar-refractivity contribution in [3.8, 4) is 5.75 Å². The molecule has 3 atom stereocenters. The Bertz CT molecular complexity index is 1360. The molecule has 5 amide bonds. The summed E-state index contributed by atoms with van der Waals surface area (Å²) in [4.78, 5) is 56.2. The minimum Gasteiger partial charge on any atom is -0.497 e. The third kappa shape index (κ3) is 6.63. The van der Waals surface area contributed by atoms with Crippen LogP contribution in [0.5, 0.6) is 5.75 Å². The average molecular weight is 553 g/mol. The Hall–Kier alpha value is -4.19. The number of para-hydroxylation sites is 1. The topological polar surface area (TPSA) is 159 Å². The van der Waals surface area contributed by atoms with E-state index in [9.17, 15) is 19.2 Å². The van der Waals surface area contributed by atoms with Crippen LogP contribution in [-0.4, -0.2) is 77.4 Å². The number of amides is 5. The number of urea groups is 1. The van der Waals surface area contributed by atoms with E-state index in [0.717, 1.165) is 16.5 Å². The Kier molecular flexibility index (Phi) is 8.97. The molecule has 3 aromatic rings. The number of benzene rings is 2. The van der Waals surface area contributed by atoms with Crippen LogP contribution in [0.15, 0.2) is 54.7 Å².